The van der Waals surface area contributed by atoms with Gasteiger partial charge in [0, 0.05) is 18.9 Å². The minimum absolute atomic E-state index is 0.170. The second-order valence-corrected chi connectivity index (χ2v) is 5.37. The van der Waals surface area contributed by atoms with E-state index in [1.807, 2.05) is 0 Å². The summed E-state index contributed by atoms with van der Waals surface area (Å²) in [7, 11) is 0. The van der Waals surface area contributed by atoms with E-state index in [0.717, 1.165) is 17.1 Å². The highest BCUT2D eigenvalue weighted by atomic mass is 32.1. The van der Waals surface area contributed by atoms with Crippen LogP contribution < -0.4 is 15.4 Å². The van der Waals surface area contributed by atoms with Gasteiger partial charge in [0.25, 0.3) is 5.91 Å². The molecule has 0 aliphatic carbocycles. The van der Waals surface area contributed by atoms with Crippen LogP contribution >= 0.6 is 11.3 Å². The molecule has 0 atom stereocenters. The van der Waals surface area contributed by atoms with Crippen LogP contribution in [0.5, 0.6) is 5.75 Å². The van der Waals surface area contributed by atoms with Crippen LogP contribution in [0.3, 0.4) is 0 Å². The molecule has 2 aromatic rings. The molecule has 0 radical (unpaired) electrons. The Hall–Kier alpha value is -2.68. The van der Waals surface area contributed by atoms with E-state index in [1.165, 1.54) is 5.51 Å². The summed E-state index contributed by atoms with van der Waals surface area (Å²) in [4.78, 5) is 31.4. The summed E-state index contributed by atoms with van der Waals surface area (Å²) in [5, 5.41) is 5.60. The number of carbonyl (C=O) groups excluding carboxylic acids is 2. The molecule has 2 rings (SSSR count). The first-order valence-electron chi connectivity index (χ1n) is 7.39. The van der Waals surface area contributed by atoms with Gasteiger partial charge in [-0.05, 0) is 25.5 Å². The summed E-state index contributed by atoms with van der Waals surface area (Å²) in [5.74, 6) is 0.378. The SMILES string of the molecule is CCOC(=O)Nc1scnc1C(=O)NCCCOc1ccncc1. The van der Waals surface area contributed by atoms with Gasteiger partial charge in [-0.3, -0.25) is 15.1 Å². The standard InChI is InChI=1S/C15H18N4O4S/c1-2-22-15(21)19-14-12(18-10-24-14)13(20)17-6-3-9-23-11-4-7-16-8-5-11/h4-5,7-8,10H,2-3,6,9H2,1H3,(H,17,20)(H,19,21). The lowest BCUT2D eigenvalue weighted by Gasteiger charge is -2.07. The van der Waals surface area contributed by atoms with Gasteiger partial charge in [-0.2, -0.15) is 0 Å². The molecule has 0 aliphatic rings. The third-order valence-electron chi connectivity index (χ3n) is 2.80. The van der Waals surface area contributed by atoms with E-state index < -0.39 is 6.09 Å². The van der Waals surface area contributed by atoms with Gasteiger partial charge in [0.1, 0.15) is 10.8 Å². The molecule has 2 N–H and O–H groups in total. The molecule has 0 saturated carbocycles. The quantitative estimate of drug-likeness (QED) is 0.708. The fourth-order valence-electron chi connectivity index (χ4n) is 1.74. The van der Waals surface area contributed by atoms with Gasteiger partial charge in [0.2, 0.25) is 0 Å². The number of ether oxygens (including phenoxy) is 2. The second-order valence-electron chi connectivity index (χ2n) is 4.52. The Balaban J connectivity index is 1.73. The molecular weight excluding hydrogens is 332 g/mol. The Kier molecular flexibility index (Phi) is 6.96. The highest BCUT2D eigenvalue weighted by Gasteiger charge is 2.16. The van der Waals surface area contributed by atoms with Crippen LogP contribution in [0.25, 0.3) is 0 Å². The lowest BCUT2D eigenvalue weighted by atomic mass is 10.4. The third kappa shape index (κ3) is 5.51. The van der Waals surface area contributed by atoms with Crippen molar-refractivity contribution in [1.82, 2.24) is 15.3 Å². The van der Waals surface area contributed by atoms with Crippen molar-refractivity contribution >= 4 is 28.3 Å². The molecule has 0 aliphatic heterocycles. The Morgan fingerprint density at radius 1 is 1.29 bits per heavy atom. The van der Waals surface area contributed by atoms with Gasteiger partial charge in [-0.15, -0.1) is 11.3 Å². The van der Waals surface area contributed by atoms with Crippen LogP contribution in [0.2, 0.25) is 0 Å². The largest absolute Gasteiger partial charge is 0.493 e. The summed E-state index contributed by atoms with van der Waals surface area (Å²) >= 11 is 1.16. The fourth-order valence-corrected chi connectivity index (χ4v) is 2.40. The summed E-state index contributed by atoms with van der Waals surface area (Å²) < 4.78 is 10.3. The van der Waals surface area contributed by atoms with Crippen molar-refractivity contribution in [2.75, 3.05) is 25.1 Å². The van der Waals surface area contributed by atoms with Gasteiger partial charge < -0.3 is 14.8 Å². The van der Waals surface area contributed by atoms with Crippen molar-refractivity contribution in [2.24, 2.45) is 0 Å². The average molecular weight is 350 g/mol. The lowest BCUT2D eigenvalue weighted by Crippen LogP contribution is -2.27. The maximum atomic E-state index is 12.1. The molecule has 2 aromatic heterocycles. The van der Waals surface area contributed by atoms with E-state index in [2.05, 4.69) is 20.6 Å². The predicted octanol–water partition coefficient (Wildman–Crippen LogP) is 2.31. The molecule has 0 saturated heterocycles. The van der Waals surface area contributed by atoms with E-state index in [-0.39, 0.29) is 18.2 Å². The molecule has 2 amide bonds. The highest BCUT2D eigenvalue weighted by molar-refractivity contribution is 7.14. The smallest absolute Gasteiger partial charge is 0.412 e. The van der Waals surface area contributed by atoms with Crippen LogP contribution in [-0.2, 0) is 4.74 Å². The van der Waals surface area contributed by atoms with Crippen LogP contribution in [-0.4, -0.2) is 41.7 Å². The fraction of sp³-hybridized carbons (Fsp3) is 0.333. The Morgan fingerprint density at radius 3 is 2.83 bits per heavy atom. The van der Waals surface area contributed by atoms with Crippen molar-refractivity contribution in [3.05, 3.63) is 35.7 Å². The number of hydrogen-bond acceptors (Lipinski definition) is 7. The van der Waals surface area contributed by atoms with Crippen molar-refractivity contribution < 1.29 is 19.1 Å². The molecule has 8 nitrogen and oxygen atoms in total. The van der Waals surface area contributed by atoms with E-state index in [1.54, 1.807) is 31.5 Å². The number of nitrogens with zero attached hydrogens (tertiary/aromatic N) is 2. The van der Waals surface area contributed by atoms with Crippen molar-refractivity contribution in [1.29, 1.82) is 0 Å². The molecule has 0 unspecified atom stereocenters. The van der Waals surface area contributed by atoms with E-state index in [0.29, 0.717) is 24.6 Å². The zero-order valence-electron chi connectivity index (χ0n) is 13.2. The molecule has 0 bridgehead atoms. The normalized spacial score (nSPS) is 10.0. The lowest BCUT2D eigenvalue weighted by molar-refractivity contribution is 0.0948. The number of hydrogen-bond donors (Lipinski definition) is 2. The van der Waals surface area contributed by atoms with Gasteiger partial charge in [-0.25, -0.2) is 9.78 Å². The van der Waals surface area contributed by atoms with Crippen molar-refractivity contribution in [3.63, 3.8) is 0 Å². The summed E-state index contributed by atoms with van der Waals surface area (Å²) in [6.45, 7) is 2.85. The van der Waals surface area contributed by atoms with E-state index in [9.17, 15) is 9.59 Å². The molecule has 2 heterocycles. The van der Waals surface area contributed by atoms with Crippen molar-refractivity contribution in [2.45, 2.75) is 13.3 Å². The van der Waals surface area contributed by atoms with E-state index in [4.69, 9.17) is 9.47 Å². The number of pyridine rings is 1. The number of carbonyl (C=O) groups is 2. The first kappa shape index (κ1) is 17.7. The molecule has 0 fully saturated rings. The maximum Gasteiger partial charge on any atom is 0.412 e. The maximum absolute atomic E-state index is 12.1. The Morgan fingerprint density at radius 2 is 2.08 bits per heavy atom. The first-order valence-corrected chi connectivity index (χ1v) is 8.27. The van der Waals surface area contributed by atoms with E-state index >= 15 is 0 Å². The number of rotatable bonds is 8. The van der Waals surface area contributed by atoms with Gasteiger partial charge >= 0.3 is 6.09 Å². The minimum Gasteiger partial charge on any atom is -0.493 e. The monoisotopic (exact) mass is 350 g/mol. The number of thiazole rings is 1. The molecular formula is C15H18N4O4S. The molecule has 9 heteroatoms. The first-order chi connectivity index (χ1) is 11.7. The minimum atomic E-state index is -0.610. The number of amides is 2. The summed E-state index contributed by atoms with van der Waals surface area (Å²) in [5.41, 5.74) is 1.66. The number of aromatic nitrogens is 2. The average Bonchev–Trinajstić information content (AvgIpc) is 3.03. The molecule has 0 spiro atoms. The third-order valence-corrected chi connectivity index (χ3v) is 3.54. The van der Waals surface area contributed by atoms with Crippen LogP contribution in [0.1, 0.15) is 23.8 Å². The predicted molar refractivity (Wildman–Crippen MR) is 89.4 cm³/mol. The summed E-state index contributed by atoms with van der Waals surface area (Å²) in [6, 6.07) is 3.53. The Bertz CT molecular complexity index is 663. The van der Waals surface area contributed by atoms with Crippen LogP contribution in [0.15, 0.2) is 30.0 Å². The molecule has 128 valence electrons. The number of nitrogens with one attached hydrogen (secondary N) is 2. The zero-order chi connectivity index (χ0) is 17.2. The van der Waals surface area contributed by atoms with Crippen LogP contribution in [0, 0.1) is 0 Å². The van der Waals surface area contributed by atoms with Crippen molar-refractivity contribution in [3.8, 4) is 5.75 Å². The highest BCUT2D eigenvalue weighted by Crippen LogP contribution is 2.20. The van der Waals surface area contributed by atoms with Gasteiger partial charge in [-0.1, -0.05) is 0 Å². The van der Waals surface area contributed by atoms with Crippen LogP contribution in [0.4, 0.5) is 9.80 Å². The van der Waals surface area contributed by atoms with Gasteiger partial charge in [0.05, 0.1) is 18.7 Å². The molecule has 24 heavy (non-hydrogen) atoms. The Labute approximate surface area is 143 Å². The van der Waals surface area contributed by atoms with Gasteiger partial charge in [0.15, 0.2) is 5.69 Å². The second kappa shape index (κ2) is 9.46. The zero-order valence-corrected chi connectivity index (χ0v) is 14.0. The topological polar surface area (TPSA) is 102 Å². The summed E-state index contributed by atoms with van der Waals surface area (Å²) in [6.07, 6.45) is 3.33. The molecule has 0 aromatic carbocycles. The number of anilines is 1.